The van der Waals surface area contributed by atoms with E-state index >= 15 is 0 Å². The summed E-state index contributed by atoms with van der Waals surface area (Å²) in [6.45, 7) is 1.94. The molecule has 3 heteroatoms. The van der Waals surface area contributed by atoms with Crippen LogP contribution >= 0.6 is 11.6 Å². The molecular weight excluding hydrogens is 308 g/mol. The Balaban J connectivity index is 2.17. The third-order valence-corrected chi connectivity index (χ3v) is 4.71. The van der Waals surface area contributed by atoms with Gasteiger partial charge in [0, 0.05) is 16.5 Å². The molecule has 0 saturated heterocycles. The van der Waals surface area contributed by atoms with E-state index in [1.807, 2.05) is 55.5 Å². The zero-order chi connectivity index (χ0) is 16.6. The van der Waals surface area contributed by atoms with Gasteiger partial charge in [-0.15, -0.1) is 6.42 Å². The van der Waals surface area contributed by atoms with Gasteiger partial charge in [-0.05, 0) is 41.0 Å². The average Bonchev–Trinajstić information content (AvgIpc) is 2.79. The van der Waals surface area contributed by atoms with Crippen LogP contribution in [0.15, 0.2) is 42.5 Å². The maximum Gasteiger partial charge on any atom is 0.157 e. The second-order valence-corrected chi connectivity index (χ2v) is 6.13. The van der Waals surface area contributed by atoms with Crippen molar-refractivity contribution in [2.45, 2.75) is 12.5 Å². The Labute approximate surface area is 141 Å². The van der Waals surface area contributed by atoms with Crippen molar-refractivity contribution in [3.05, 3.63) is 64.2 Å². The number of methoxy groups -OCH3 is 1. The Kier molecular flexibility index (Phi) is 3.93. The number of ether oxygens (including phenoxy) is 1. The molecule has 3 rings (SSSR count). The molecule has 1 N–H and O–H groups in total. The van der Waals surface area contributed by atoms with E-state index in [2.05, 4.69) is 5.92 Å². The van der Waals surface area contributed by atoms with Gasteiger partial charge < -0.3 is 9.84 Å². The summed E-state index contributed by atoms with van der Waals surface area (Å²) in [5, 5.41) is 11.7. The number of terminal acetylenes is 1. The molecule has 0 saturated carbocycles. The second kappa shape index (κ2) is 5.77. The van der Waals surface area contributed by atoms with Gasteiger partial charge in [0.1, 0.15) is 5.75 Å². The van der Waals surface area contributed by atoms with Crippen molar-refractivity contribution < 1.29 is 9.84 Å². The molecule has 0 fully saturated rings. The molecular formula is C20H17ClO2. The number of hydrogen-bond acceptors (Lipinski definition) is 2. The van der Waals surface area contributed by atoms with E-state index in [0.29, 0.717) is 16.3 Å². The molecule has 0 amide bonds. The highest BCUT2D eigenvalue weighted by Gasteiger charge is 2.45. The number of halogens is 1. The standard InChI is InChI=1S/C20H17ClO2/c1-4-20(22)13(2)18(11-14-5-7-15(21)8-6-14)17-10-9-16(23-3)12-19(17)20/h1,5-13,22H,2-3H3. The lowest BCUT2D eigenvalue weighted by atomic mass is 9.87. The maximum absolute atomic E-state index is 11.0. The molecule has 2 nitrogen and oxygen atoms in total. The highest BCUT2D eigenvalue weighted by atomic mass is 35.5. The van der Waals surface area contributed by atoms with Crippen molar-refractivity contribution in [3.63, 3.8) is 0 Å². The predicted molar refractivity (Wildman–Crippen MR) is 94.2 cm³/mol. The van der Waals surface area contributed by atoms with Gasteiger partial charge in [0.2, 0.25) is 0 Å². The summed E-state index contributed by atoms with van der Waals surface area (Å²) >= 11 is 5.94. The Morgan fingerprint density at radius 3 is 2.57 bits per heavy atom. The number of benzene rings is 2. The Morgan fingerprint density at radius 1 is 1.26 bits per heavy atom. The summed E-state index contributed by atoms with van der Waals surface area (Å²) in [7, 11) is 1.60. The van der Waals surface area contributed by atoms with Crippen LogP contribution in [0.5, 0.6) is 5.75 Å². The van der Waals surface area contributed by atoms with E-state index in [0.717, 1.165) is 16.7 Å². The molecule has 2 aromatic rings. The smallest absolute Gasteiger partial charge is 0.157 e. The largest absolute Gasteiger partial charge is 0.497 e. The molecule has 0 spiro atoms. The van der Waals surface area contributed by atoms with Crippen LogP contribution in [0, 0.1) is 18.3 Å². The summed E-state index contributed by atoms with van der Waals surface area (Å²) < 4.78 is 5.27. The lowest BCUT2D eigenvalue weighted by Gasteiger charge is -2.23. The average molecular weight is 325 g/mol. The molecule has 0 radical (unpaired) electrons. The van der Waals surface area contributed by atoms with Crippen molar-refractivity contribution in [1.82, 2.24) is 0 Å². The van der Waals surface area contributed by atoms with E-state index in [-0.39, 0.29) is 5.92 Å². The zero-order valence-corrected chi connectivity index (χ0v) is 13.8. The first-order valence-electron chi connectivity index (χ1n) is 7.36. The fourth-order valence-electron chi connectivity index (χ4n) is 3.05. The van der Waals surface area contributed by atoms with E-state index in [4.69, 9.17) is 22.8 Å². The predicted octanol–water partition coefficient (Wildman–Crippen LogP) is 4.36. The molecule has 0 heterocycles. The molecule has 0 aliphatic heterocycles. The lowest BCUT2D eigenvalue weighted by Crippen LogP contribution is -2.27. The summed E-state index contributed by atoms with van der Waals surface area (Å²) in [6.07, 6.45) is 7.70. The molecule has 1 aliphatic carbocycles. The topological polar surface area (TPSA) is 29.5 Å². The van der Waals surface area contributed by atoms with Gasteiger partial charge in [-0.1, -0.05) is 48.7 Å². The molecule has 2 aromatic carbocycles. The van der Waals surface area contributed by atoms with Gasteiger partial charge in [0.25, 0.3) is 0 Å². The zero-order valence-electron chi connectivity index (χ0n) is 13.0. The molecule has 0 bridgehead atoms. The van der Waals surface area contributed by atoms with Crippen LogP contribution in [0.1, 0.15) is 23.6 Å². The first kappa shape index (κ1) is 15.7. The summed E-state index contributed by atoms with van der Waals surface area (Å²) in [5.41, 5.74) is 2.35. The molecule has 2 unspecified atom stereocenters. The minimum atomic E-state index is -1.33. The second-order valence-electron chi connectivity index (χ2n) is 5.70. The third-order valence-electron chi connectivity index (χ3n) is 4.45. The minimum absolute atomic E-state index is 0.217. The van der Waals surface area contributed by atoms with E-state index in [1.165, 1.54) is 0 Å². The summed E-state index contributed by atoms with van der Waals surface area (Å²) in [4.78, 5) is 0. The first-order chi connectivity index (χ1) is 11.0. The summed E-state index contributed by atoms with van der Waals surface area (Å²) in [6, 6.07) is 13.2. The van der Waals surface area contributed by atoms with Crippen LogP contribution in [-0.4, -0.2) is 12.2 Å². The van der Waals surface area contributed by atoms with Gasteiger partial charge >= 0.3 is 0 Å². The molecule has 116 valence electrons. The van der Waals surface area contributed by atoms with Crippen molar-refractivity contribution in [1.29, 1.82) is 0 Å². The minimum Gasteiger partial charge on any atom is -0.497 e. The van der Waals surface area contributed by atoms with Crippen LogP contribution in [0.4, 0.5) is 0 Å². The quantitative estimate of drug-likeness (QED) is 0.832. The van der Waals surface area contributed by atoms with Gasteiger partial charge in [0.05, 0.1) is 7.11 Å². The maximum atomic E-state index is 11.0. The van der Waals surface area contributed by atoms with Crippen LogP contribution < -0.4 is 4.74 Å². The van der Waals surface area contributed by atoms with Crippen LogP contribution in [0.25, 0.3) is 11.6 Å². The normalized spacial score (nSPS) is 24.3. The fourth-order valence-corrected chi connectivity index (χ4v) is 3.18. The molecule has 2 atom stereocenters. The lowest BCUT2D eigenvalue weighted by molar-refractivity contribution is 0.0740. The SMILES string of the molecule is C#CC1(O)c2cc(OC)ccc2C(=Cc2ccc(Cl)cc2)C1C. The van der Waals surface area contributed by atoms with Crippen molar-refractivity contribution in [2.24, 2.45) is 5.92 Å². The van der Waals surface area contributed by atoms with E-state index in [9.17, 15) is 5.11 Å². The fraction of sp³-hybridized carbons (Fsp3) is 0.200. The highest BCUT2D eigenvalue weighted by Crippen LogP contribution is 2.49. The van der Waals surface area contributed by atoms with Crippen molar-refractivity contribution in [3.8, 4) is 18.1 Å². The monoisotopic (exact) mass is 324 g/mol. The van der Waals surface area contributed by atoms with Crippen LogP contribution in [0.2, 0.25) is 5.02 Å². The Hall–Kier alpha value is -2.21. The van der Waals surface area contributed by atoms with Gasteiger partial charge in [-0.25, -0.2) is 0 Å². The van der Waals surface area contributed by atoms with E-state index < -0.39 is 5.60 Å². The Bertz CT molecular complexity index is 815. The third kappa shape index (κ3) is 2.53. The highest BCUT2D eigenvalue weighted by molar-refractivity contribution is 6.30. The van der Waals surface area contributed by atoms with Crippen LogP contribution in [-0.2, 0) is 5.60 Å². The number of fused-ring (bicyclic) bond motifs is 1. The molecule has 0 aromatic heterocycles. The van der Waals surface area contributed by atoms with Gasteiger partial charge in [-0.2, -0.15) is 0 Å². The van der Waals surface area contributed by atoms with Crippen molar-refractivity contribution >= 4 is 23.3 Å². The first-order valence-corrected chi connectivity index (χ1v) is 7.73. The molecule has 1 aliphatic rings. The van der Waals surface area contributed by atoms with Crippen LogP contribution in [0.3, 0.4) is 0 Å². The summed E-state index contributed by atoms with van der Waals surface area (Å²) in [5.74, 6) is 3.02. The number of rotatable bonds is 2. The Morgan fingerprint density at radius 2 is 1.96 bits per heavy atom. The number of aliphatic hydroxyl groups is 1. The number of hydrogen-bond donors (Lipinski definition) is 1. The van der Waals surface area contributed by atoms with Gasteiger partial charge in [-0.3, -0.25) is 0 Å². The van der Waals surface area contributed by atoms with Crippen molar-refractivity contribution in [2.75, 3.05) is 7.11 Å². The molecule has 23 heavy (non-hydrogen) atoms. The van der Waals surface area contributed by atoms with Gasteiger partial charge in [0.15, 0.2) is 5.60 Å². The van der Waals surface area contributed by atoms with E-state index in [1.54, 1.807) is 7.11 Å².